The van der Waals surface area contributed by atoms with Crippen LogP contribution in [0.5, 0.6) is 0 Å². The molecule has 3 heterocycles. The van der Waals surface area contributed by atoms with Crippen LogP contribution in [0.15, 0.2) is 53.6 Å². The Morgan fingerprint density at radius 1 is 1.29 bits per heavy atom. The molecule has 1 aromatic carbocycles. The maximum Gasteiger partial charge on any atom is 0.137 e. The SMILES string of the molecule is C#C/C=c1\c(=C/C)oc2ccc(/C(C)=C/c3c(C=C)n(-c4ccccn4)c4c3=CCC(C)C=4)cc12. The zero-order valence-electron chi connectivity index (χ0n) is 20.4. The molecule has 0 N–H and O–H groups in total. The second-order valence-electron chi connectivity index (χ2n) is 8.93. The predicted octanol–water partition coefficient (Wildman–Crippen LogP) is 4.64. The van der Waals surface area contributed by atoms with Crippen LogP contribution in [0.1, 0.15) is 44.0 Å². The molecule has 0 spiro atoms. The third-order valence-corrected chi connectivity index (χ3v) is 6.59. The lowest BCUT2D eigenvalue weighted by Crippen LogP contribution is -2.33. The topological polar surface area (TPSA) is 31.0 Å². The molecule has 3 nitrogen and oxygen atoms in total. The molecule has 1 unspecified atom stereocenters. The highest BCUT2D eigenvalue weighted by Crippen LogP contribution is 2.23. The first kappa shape index (κ1) is 22.5. The van der Waals surface area contributed by atoms with Gasteiger partial charge in [-0.15, -0.1) is 6.42 Å². The number of benzene rings is 1. The van der Waals surface area contributed by atoms with Crippen molar-refractivity contribution >= 4 is 53.0 Å². The second kappa shape index (κ2) is 9.16. The maximum absolute atomic E-state index is 5.99. The molecule has 0 fully saturated rings. The minimum Gasteiger partial charge on any atom is -0.456 e. The Morgan fingerprint density at radius 2 is 2.14 bits per heavy atom. The molecule has 172 valence electrons. The van der Waals surface area contributed by atoms with Gasteiger partial charge >= 0.3 is 0 Å². The molecule has 0 saturated heterocycles. The zero-order valence-corrected chi connectivity index (χ0v) is 20.4. The van der Waals surface area contributed by atoms with Gasteiger partial charge in [0, 0.05) is 27.6 Å². The van der Waals surface area contributed by atoms with Gasteiger partial charge in [0.15, 0.2) is 0 Å². The van der Waals surface area contributed by atoms with Crippen molar-refractivity contribution in [1.82, 2.24) is 9.55 Å². The van der Waals surface area contributed by atoms with Crippen LogP contribution in [-0.2, 0) is 0 Å². The number of hydrogen-bond acceptors (Lipinski definition) is 2. The maximum atomic E-state index is 5.99. The first-order valence-corrected chi connectivity index (χ1v) is 11.9. The Morgan fingerprint density at radius 3 is 2.86 bits per heavy atom. The molecule has 3 aromatic heterocycles. The minimum absolute atomic E-state index is 0.467. The highest BCUT2D eigenvalue weighted by atomic mass is 16.3. The van der Waals surface area contributed by atoms with Gasteiger partial charge in [0.25, 0.3) is 0 Å². The number of pyridine rings is 1. The highest BCUT2D eigenvalue weighted by Gasteiger charge is 2.17. The molecule has 0 saturated carbocycles. The van der Waals surface area contributed by atoms with Crippen molar-refractivity contribution in [2.24, 2.45) is 5.92 Å². The molecule has 1 aliphatic carbocycles. The van der Waals surface area contributed by atoms with Gasteiger partial charge in [-0.3, -0.25) is 4.57 Å². The van der Waals surface area contributed by atoms with Gasteiger partial charge in [0.1, 0.15) is 16.8 Å². The zero-order chi connectivity index (χ0) is 24.5. The van der Waals surface area contributed by atoms with Crippen LogP contribution in [0.3, 0.4) is 0 Å². The molecule has 1 atom stereocenters. The van der Waals surface area contributed by atoms with Crippen LogP contribution >= 0.6 is 0 Å². The highest BCUT2D eigenvalue weighted by molar-refractivity contribution is 5.89. The van der Waals surface area contributed by atoms with Crippen molar-refractivity contribution in [3.8, 4) is 18.2 Å². The average molecular weight is 457 g/mol. The Balaban J connectivity index is 1.75. The van der Waals surface area contributed by atoms with E-state index in [9.17, 15) is 0 Å². The number of fused-ring (bicyclic) bond motifs is 2. The van der Waals surface area contributed by atoms with Crippen LogP contribution in [0.25, 0.3) is 58.8 Å². The van der Waals surface area contributed by atoms with E-state index in [-0.39, 0.29) is 0 Å². The molecule has 0 bridgehead atoms. The Bertz CT molecular complexity index is 1770. The van der Waals surface area contributed by atoms with E-state index in [1.165, 1.54) is 10.6 Å². The summed E-state index contributed by atoms with van der Waals surface area (Å²) in [6.45, 7) is 10.5. The third kappa shape index (κ3) is 3.88. The van der Waals surface area contributed by atoms with E-state index in [1.807, 2.05) is 49.5 Å². The van der Waals surface area contributed by atoms with Gasteiger partial charge in [-0.05, 0) is 85.9 Å². The van der Waals surface area contributed by atoms with Crippen LogP contribution < -0.4 is 21.2 Å². The van der Waals surface area contributed by atoms with Crippen LogP contribution in [0.4, 0.5) is 0 Å². The van der Waals surface area contributed by atoms with Gasteiger partial charge in [0.05, 0.1) is 11.0 Å². The molecule has 0 amide bonds. The summed E-state index contributed by atoms with van der Waals surface area (Å²) >= 11 is 0. The Labute approximate surface area is 205 Å². The summed E-state index contributed by atoms with van der Waals surface area (Å²) in [4.78, 5) is 4.64. The molecule has 35 heavy (non-hydrogen) atoms. The lowest BCUT2D eigenvalue weighted by molar-refractivity contribution is 0.575. The minimum atomic E-state index is 0.467. The largest absolute Gasteiger partial charge is 0.456 e. The normalized spacial score (nSPS) is 16.5. The smallest absolute Gasteiger partial charge is 0.137 e. The lowest BCUT2D eigenvalue weighted by Gasteiger charge is -2.09. The van der Waals surface area contributed by atoms with Crippen molar-refractivity contribution < 1.29 is 4.42 Å². The first-order chi connectivity index (χ1) is 17.0. The van der Waals surface area contributed by atoms with E-state index in [4.69, 9.17) is 10.8 Å². The summed E-state index contributed by atoms with van der Waals surface area (Å²) in [5.41, 5.74) is 6.10. The van der Waals surface area contributed by atoms with Crippen molar-refractivity contribution in [2.45, 2.75) is 27.2 Å². The summed E-state index contributed by atoms with van der Waals surface area (Å²) in [5, 5.41) is 4.38. The predicted molar refractivity (Wildman–Crippen MR) is 148 cm³/mol. The van der Waals surface area contributed by atoms with Crippen LogP contribution in [0.2, 0.25) is 0 Å². The summed E-state index contributed by atoms with van der Waals surface area (Å²) in [5.74, 6) is 4.01. The number of terminal acetylenes is 1. The van der Waals surface area contributed by atoms with E-state index < -0.39 is 0 Å². The quantitative estimate of drug-likeness (QED) is 0.419. The fraction of sp³-hybridized carbons (Fsp3) is 0.156. The monoisotopic (exact) mass is 456 g/mol. The Kier molecular flexibility index (Phi) is 5.89. The van der Waals surface area contributed by atoms with Gasteiger partial charge in [-0.25, -0.2) is 4.98 Å². The van der Waals surface area contributed by atoms with Crippen molar-refractivity contribution in [3.05, 3.63) is 87.2 Å². The van der Waals surface area contributed by atoms with Crippen LogP contribution in [-0.4, -0.2) is 9.55 Å². The summed E-state index contributed by atoms with van der Waals surface area (Å²) in [7, 11) is 0. The molecule has 1 aliphatic rings. The van der Waals surface area contributed by atoms with E-state index >= 15 is 0 Å². The molecule has 5 rings (SSSR count). The fourth-order valence-corrected chi connectivity index (χ4v) is 4.88. The number of aromatic nitrogens is 2. The second-order valence-corrected chi connectivity index (χ2v) is 8.93. The van der Waals surface area contributed by atoms with Gasteiger partial charge < -0.3 is 4.42 Å². The summed E-state index contributed by atoms with van der Waals surface area (Å²) < 4.78 is 8.21. The molecule has 4 aromatic rings. The lowest BCUT2D eigenvalue weighted by atomic mass is 9.98. The van der Waals surface area contributed by atoms with Gasteiger partial charge in [-0.2, -0.15) is 0 Å². The van der Waals surface area contributed by atoms with Crippen LogP contribution in [0, 0.1) is 18.3 Å². The molecule has 0 aliphatic heterocycles. The van der Waals surface area contributed by atoms with Crippen molar-refractivity contribution in [1.29, 1.82) is 0 Å². The van der Waals surface area contributed by atoms with E-state index in [0.717, 1.165) is 56.2 Å². The van der Waals surface area contributed by atoms with E-state index in [0.29, 0.717) is 5.92 Å². The molecular formula is C32H28N2O. The standard InChI is InChI=1S/C32H28N2O/c1-6-11-25-27-20-23(14-16-31(27)35-30(25)8-3)22(5)19-26-24-15-13-21(4)18-29(24)34(28(26)7-2)32-12-9-10-17-33-32/h1,7-12,14-21H,2,13H2,3-5H3/b22-19+,25-11-,30-8+. The molecule has 0 radical (unpaired) electrons. The van der Waals surface area contributed by atoms with Gasteiger partial charge in [0.2, 0.25) is 0 Å². The fourth-order valence-electron chi connectivity index (χ4n) is 4.88. The molecule has 3 heteroatoms. The van der Waals surface area contributed by atoms with Crippen molar-refractivity contribution in [2.75, 3.05) is 0 Å². The number of nitrogens with zero attached hydrogens (tertiary/aromatic N) is 2. The number of furan rings is 1. The van der Waals surface area contributed by atoms with Gasteiger partial charge in [-0.1, -0.05) is 43.7 Å². The van der Waals surface area contributed by atoms with Crippen molar-refractivity contribution in [3.63, 3.8) is 0 Å². The third-order valence-electron chi connectivity index (χ3n) is 6.59. The number of rotatable bonds is 4. The number of allylic oxidation sites excluding steroid dienone is 1. The van der Waals surface area contributed by atoms with E-state index in [2.05, 4.69) is 66.3 Å². The number of hydrogen-bond donors (Lipinski definition) is 0. The first-order valence-electron chi connectivity index (χ1n) is 11.9. The van der Waals surface area contributed by atoms with E-state index in [1.54, 1.807) is 6.08 Å². The summed E-state index contributed by atoms with van der Waals surface area (Å²) in [6.07, 6.45) is 21.0. The summed E-state index contributed by atoms with van der Waals surface area (Å²) in [6, 6.07) is 12.3. The average Bonchev–Trinajstić information content (AvgIpc) is 3.38. The molecular weight excluding hydrogens is 428 g/mol. The Hall–Kier alpha value is -4.29.